The lowest BCUT2D eigenvalue weighted by atomic mass is 9.87. The fraction of sp³-hybridized carbons (Fsp3) is 0.562. The lowest BCUT2D eigenvalue weighted by Crippen LogP contribution is -2.65. The summed E-state index contributed by atoms with van der Waals surface area (Å²) in [5.41, 5.74) is -1.38. The Hall–Kier alpha value is -3.13. The lowest BCUT2D eigenvalue weighted by Gasteiger charge is -2.50. The van der Waals surface area contributed by atoms with Crippen LogP contribution in [0.3, 0.4) is 0 Å². The molecule has 11 nitrogen and oxygen atoms in total. The number of nitrogens with zero attached hydrogens (tertiary/aromatic N) is 3. The number of rotatable bonds is 3. The first-order valence-electron chi connectivity index (χ1n) is 8.50. The van der Waals surface area contributed by atoms with Crippen molar-refractivity contribution in [3.63, 3.8) is 0 Å². The molecule has 1 saturated heterocycles. The second-order valence-corrected chi connectivity index (χ2v) is 6.91. The number of hydrogen-bond donors (Lipinski definition) is 6. The second kappa shape index (κ2) is 6.55. The van der Waals surface area contributed by atoms with Gasteiger partial charge in [-0.25, -0.2) is 4.79 Å². The van der Waals surface area contributed by atoms with Crippen LogP contribution < -0.4 is 16.0 Å². The Balaban J connectivity index is 1.96. The predicted octanol–water partition coefficient (Wildman–Crippen LogP) is -0.872. The van der Waals surface area contributed by atoms with E-state index in [4.69, 9.17) is 5.26 Å². The third-order valence-electron chi connectivity index (χ3n) is 5.36. The van der Waals surface area contributed by atoms with E-state index >= 15 is 0 Å². The molecule has 6 N–H and O–H groups in total. The number of carbonyl (C=O) groups excluding carboxylic acids is 2. The Labute approximate surface area is 155 Å². The Bertz CT molecular complexity index is 787. The summed E-state index contributed by atoms with van der Waals surface area (Å²) in [6.45, 7) is 2.15. The van der Waals surface area contributed by atoms with Crippen molar-refractivity contribution in [2.24, 2.45) is 5.92 Å². The highest BCUT2D eigenvalue weighted by molar-refractivity contribution is 5.80. The Morgan fingerprint density at radius 3 is 2.81 bits per heavy atom. The van der Waals surface area contributed by atoms with Crippen molar-refractivity contribution in [2.75, 3.05) is 20.1 Å². The van der Waals surface area contributed by atoms with E-state index in [0.717, 1.165) is 0 Å². The Kier molecular flexibility index (Phi) is 4.52. The number of nitriles is 1. The van der Waals surface area contributed by atoms with Crippen LogP contribution in [-0.2, 0) is 4.79 Å². The fourth-order valence-electron chi connectivity index (χ4n) is 3.62. The molecule has 3 heterocycles. The zero-order valence-corrected chi connectivity index (χ0v) is 15.0. The first-order valence-corrected chi connectivity index (χ1v) is 8.50. The monoisotopic (exact) mass is 378 g/mol. The van der Waals surface area contributed by atoms with Crippen LogP contribution in [0.4, 0.5) is 4.79 Å². The van der Waals surface area contributed by atoms with Crippen molar-refractivity contribution in [3.05, 3.63) is 23.0 Å². The van der Waals surface area contributed by atoms with Gasteiger partial charge in [-0.2, -0.15) is 5.26 Å². The van der Waals surface area contributed by atoms with Crippen molar-refractivity contribution in [2.45, 2.75) is 31.7 Å². The number of aliphatic hydroxyl groups is 3. The van der Waals surface area contributed by atoms with Crippen LogP contribution in [0.5, 0.6) is 0 Å². The summed E-state index contributed by atoms with van der Waals surface area (Å²) >= 11 is 0. The molecule has 3 aliphatic heterocycles. The first-order chi connectivity index (χ1) is 12.7. The average molecular weight is 378 g/mol. The molecule has 3 rings (SSSR count). The molecule has 3 atom stereocenters. The molecule has 0 saturated carbocycles. The van der Waals surface area contributed by atoms with Crippen LogP contribution in [0.2, 0.25) is 0 Å². The minimum atomic E-state index is -1.56. The van der Waals surface area contributed by atoms with Crippen LogP contribution in [-0.4, -0.2) is 69.1 Å². The van der Waals surface area contributed by atoms with Gasteiger partial charge in [0.05, 0.1) is 18.2 Å². The van der Waals surface area contributed by atoms with Crippen molar-refractivity contribution in [1.82, 2.24) is 25.8 Å². The number of likely N-dealkylation sites (N-methyl/N-ethyl adjacent to an activating group) is 1. The summed E-state index contributed by atoms with van der Waals surface area (Å²) in [6, 6.07) is 1.23. The minimum Gasteiger partial charge on any atom is -0.503 e. The van der Waals surface area contributed by atoms with Gasteiger partial charge < -0.3 is 35.8 Å². The molecule has 11 heteroatoms. The van der Waals surface area contributed by atoms with Gasteiger partial charge in [0, 0.05) is 19.5 Å². The van der Waals surface area contributed by atoms with E-state index < -0.39 is 29.6 Å². The van der Waals surface area contributed by atoms with Gasteiger partial charge in [-0.05, 0) is 6.42 Å². The standard InChI is InChI=1S/C16H22N6O5/c1-8-4-6-22(9(23)3-5-17)7-16(8,27)21(2)13-10-11(24)14(25)18-12(10)19-15(26)20-13/h8,12,18,24-25,27H,3-4,6-7H2,1-2H3,(H2,19,20,26). The molecule has 1 fully saturated rings. The molecule has 3 amide bonds. The van der Waals surface area contributed by atoms with E-state index in [0.29, 0.717) is 13.0 Å². The Morgan fingerprint density at radius 2 is 2.15 bits per heavy atom. The third kappa shape index (κ3) is 2.97. The average Bonchev–Trinajstić information content (AvgIpc) is 2.90. The maximum atomic E-state index is 12.1. The molecule has 3 aliphatic rings. The molecule has 0 spiro atoms. The van der Waals surface area contributed by atoms with Crippen molar-refractivity contribution in [1.29, 1.82) is 5.26 Å². The molecular weight excluding hydrogens is 356 g/mol. The van der Waals surface area contributed by atoms with Gasteiger partial charge in [-0.15, -0.1) is 0 Å². The number of hydrogen-bond acceptors (Lipinski definition) is 8. The molecule has 3 unspecified atom stereocenters. The molecule has 0 radical (unpaired) electrons. The van der Waals surface area contributed by atoms with Gasteiger partial charge in [0.1, 0.15) is 18.4 Å². The van der Waals surface area contributed by atoms with Gasteiger partial charge in [0.2, 0.25) is 11.8 Å². The molecular formula is C16H22N6O5. The van der Waals surface area contributed by atoms with Crippen LogP contribution in [0, 0.1) is 17.2 Å². The number of carbonyl (C=O) groups is 2. The highest BCUT2D eigenvalue weighted by Gasteiger charge is 2.48. The number of likely N-dealkylation sites (tertiary alicyclic amines) is 1. The summed E-state index contributed by atoms with van der Waals surface area (Å²) in [7, 11) is 1.53. The number of fused-ring (bicyclic) bond motifs is 1. The SMILES string of the molecule is CC1CCN(C(=O)CC#N)CC1(O)N(C)C1=C2C(O)=C(O)NC2NC(=O)N1. The summed E-state index contributed by atoms with van der Waals surface area (Å²) in [6.07, 6.45) is -0.650. The number of β-amino-alcohol motifs (C(OH)–C–C–N with tert-alkyl or cyclic N) is 1. The predicted molar refractivity (Wildman–Crippen MR) is 91.2 cm³/mol. The zero-order chi connectivity index (χ0) is 19.9. The maximum absolute atomic E-state index is 12.1. The molecule has 0 aromatic heterocycles. The van der Waals surface area contributed by atoms with Crippen LogP contribution in [0.25, 0.3) is 0 Å². The van der Waals surface area contributed by atoms with Crippen molar-refractivity contribution >= 4 is 11.9 Å². The number of aliphatic hydroxyl groups excluding tert-OH is 2. The zero-order valence-electron chi connectivity index (χ0n) is 15.0. The van der Waals surface area contributed by atoms with Gasteiger partial charge in [0.15, 0.2) is 11.5 Å². The molecule has 146 valence electrons. The van der Waals surface area contributed by atoms with Gasteiger partial charge in [0.25, 0.3) is 0 Å². The van der Waals surface area contributed by atoms with Gasteiger partial charge in [-0.3, -0.25) is 10.1 Å². The number of piperidine rings is 1. The van der Waals surface area contributed by atoms with E-state index in [2.05, 4.69) is 16.0 Å². The van der Waals surface area contributed by atoms with E-state index in [-0.39, 0.29) is 36.2 Å². The molecule has 0 aromatic rings. The van der Waals surface area contributed by atoms with E-state index in [1.54, 1.807) is 6.07 Å². The number of amides is 3. The largest absolute Gasteiger partial charge is 0.503 e. The quantitative estimate of drug-likeness (QED) is 0.345. The molecule has 0 aliphatic carbocycles. The van der Waals surface area contributed by atoms with Crippen LogP contribution in [0.15, 0.2) is 23.0 Å². The number of urea groups is 1. The topological polar surface area (TPSA) is 161 Å². The lowest BCUT2D eigenvalue weighted by molar-refractivity contribution is -0.170. The molecule has 0 aromatic carbocycles. The summed E-state index contributed by atoms with van der Waals surface area (Å²) in [4.78, 5) is 26.9. The second-order valence-electron chi connectivity index (χ2n) is 6.91. The van der Waals surface area contributed by atoms with Crippen molar-refractivity contribution in [3.8, 4) is 6.07 Å². The van der Waals surface area contributed by atoms with E-state index in [1.807, 2.05) is 6.92 Å². The van der Waals surface area contributed by atoms with E-state index in [9.17, 15) is 24.9 Å². The van der Waals surface area contributed by atoms with Crippen LogP contribution in [0.1, 0.15) is 19.8 Å². The maximum Gasteiger partial charge on any atom is 0.322 e. The summed E-state index contributed by atoms with van der Waals surface area (Å²) in [5, 5.41) is 47.6. The summed E-state index contributed by atoms with van der Waals surface area (Å²) < 4.78 is 0. The minimum absolute atomic E-state index is 0.0696. The van der Waals surface area contributed by atoms with Gasteiger partial charge >= 0.3 is 6.03 Å². The molecule has 27 heavy (non-hydrogen) atoms. The highest BCUT2D eigenvalue weighted by Crippen LogP contribution is 2.35. The normalized spacial score (nSPS) is 30.1. The summed E-state index contributed by atoms with van der Waals surface area (Å²) in [5.74, 6) is -1.48. The first kappa shape index (κ1) is 18.7. The smallest absolute Gasteiger partial charge is 0.322 e. The third-order valence-corrected chi connectivity index (χ3v) is 5.36. The fourth-order valence-corrected chi connectivity index (χ4v) is 3.62. The van der Waals surface area contributed by atoms with E-state index in [1.165, 1.54) is 16.8 Å². The highest BCUT2D eigenvalue weighted by atomic mass is 16.3. The molecule has 0 bridgehead atoms. The van der Waals surface area contributed by atoms with Crippen molar-refractivity contribution < 1.29 is 24.9 Å². The van der Waals surface area contributed by atoms with Crippen LogP contribution >= 0.6 is 0 Å². The van der Waals surface area contributed by atoms with Gasteiger partial charge in [-0.1, -0.05) is 6.92 Å². The Morgan fingerprint density at radius 1 is 1.44 bits per heavy atom. The number of nitrogens with one attached hydrogen (secondary N) is 3.